The lowest BCUT2D eigenvalue weighted by Crippen LogP contribution is -2.32. The lowest BCUT2D eigenvalue weighted by atomic mass is 10.4. The number of nitrogens with one attached hydrogen (secondary N) is 1. The zero-order valence-electron chi connectivity index (χ0n) is 11.3. The molecule has 0 aliphatic rings. The van der Waals surface area contributed by atoms with Crippen LogP contribution in [0.5, 0.6) is 0 Å². The second-order valence-corrected chi connectivity index (χ2v) is 6.51. The molecule has 0 unspecified atom stereocenters. The van der Waals surface area contributed by atoms with Crippen LogP contribution in [0.3, 0.4) is 0 Å². The van der Waals surface area contributed by atoms with Gasteiger partial charge in [-0.05, 0) is 25.1 Å². The summed E-state index contributed by atoms with van der Waals surface area (Å²) in [5, 5.41) is 4.17. The second-order valence-electron chi connectivity index (χ2n) is 4.36. The van der Waals surface area contributed by atoms with Crippen molar-refractivity contribution < 1.29 is 8.42 Å². The van der Waals surface area contributed by atoms with Crippen LogP contribution in [0.25, 0.3) is 0 Å². The largest absolute Gasteiger partial charge is 0.268 e. The summed E-state index contributed by atoms with van der Waals surface area (Å²) in [6.07, 6.45) is 0. The van der Waals surface area contributed by atoms with E-state index in [9.17, 15) is 13.2 Å². The van der Waals surface area contributed by atoms with E-state index < -0.39 is 10.0 Å². The fourth-order valence-electron chi connectivity index (χ4n) is 1.74. The van der Waals surface area contributed by atoms with Crippen LogP contribution in [-0.2, 0) is 16.6 Å². The molecule has 21 heavy (non-hydrogen) atoms. The summed E-state index contributed by atoms with van der Waals surface area (Å²) in [4.78, 5) is 11.6. The maximum absolute atomic E-state index is 12.1. The van der Waals surface area contributed by atoms with Crippen molar-refractivity contribution in [2.24, 2.45) is 0 Å². The first-order valence-electron chi connectivity index (χ1n) is 6.19. The van der Waals surface area contributed by atoms with Gasteiger partial charge in [-0.25, -0.2) is 17.8 Å². The van der Waals surface area contributed by atoms with Crippen LogP contribution in [0.15, 0.2) is 46.1 Å². The molecule has 6 nitrogen and oxygen atoms in total. The third kappa shape index (κ3) is 3.90. The van der Waals surface area contributed by atoms with Crippen LogP contribution in [0.1, 0.15) is 5.69 Å². The zero-order valence-corrected chi connectivity index (χ0v) is 12.9. The number of aryl methyl sites for hydroxylation is 1. The molecule has 0 amide bonds. The first-order chi connectivity index (χ1) is 9.90. The minimum Gasteiger partial charge on any atom is -0.268 e. The number of benzene rings is 1. The lowest BCUT2D eigenvalue weighted by molar-refractivity contribution is 0.544. The molecule has 0 fully saturated rings. The topological polar surface area (TPSA) is 81.1 Å². The van der Waals surface area contributed by atoms with Gasteiger partial charge in [0.15, 0.2) is 0 Å². The molecular formula is C13H14ClN3O3S. The molecule has 112 valence electrons. The number of halogens is 1. The first-order valence-corrected chi connectivity index (χ1v) is 8.05. The normalized spacial score (nSPS) is 11.5. The average Bonchev–Trinajstić information content (AvgIpc) is 2.43. The van der Waals surface area contributed by atoms with Gasteiger partial charge >= 0.3 is 0 Å². The monoisotopic (exact) mass is 327 g/mol. The van der Waals surface area contributed by atoms with Gasteiger partial charge in [-0.15, -0.1) is 0 Å². The number of aromatic nitrogens is 2. The van der Waals surface area contributed by atoms with Crippen LogP contribution in [0, 0.1) is 6.92 Å². The van der Waals surface area contributed by atoms with Crippen molar-refractivity contribution >= 4 is 21.6 Å². The Hall–Kier alpha value is -1.70. The Morgan fingerprint density at radius 3 is 2.67 bits per heavy atom. The average molecular weight is 328 g/mol. The fourth-order valence-corrected chi connectivity index (χ4v) is 3.28. The third-order valence-electron chi connectivity index (χ3n) is 2.74. The van der Waals surface area contributed by atoms with Gasteiger partial charge in [0, 0.05) is 12.6 Å². The smallest absolute Gasteiger partial charge is 0.266 e. The molecule has 1 aromatic heterocycles. The maximum Gasteiger partial charge on any atom is 0.266 e. The number of hydrogen-bond donors (Lipinski definition) is 1. The van der Waals surface area contributed by atoms with Crippen LogP contribution in [-0.4, -0.2) is 24.7 Å². The molecule has 0 saturated carbocycles. The minimum atomic E-state index is -3.71. The van der Waals surface area contributed by atoms with Gasteiger partial charge in [-0.3, -0.25) is 4.79 Å². The van der Waals surface area contributed by atoms with E-state index in [0.29, 0.717) is 5.69 Å². The van der Waals surface area contributed by atoms with Crippen molar-refractivity contribution in [3.63, 3.8) is 0 Å². The highest BCUT2D eigenvalue weighted by molar-refractivity contribution is 7.89. The summed E-state index contributed by atoms with van der Waals surface area (Å²) in [5.41, 5.74) is 0.404. The van der Waals surface area contributed by atoms with E-state index in [2.05, 4.69) is 9.82 Å². The van der Waals surface area contributed by atoms with E-state index in [1.807, 2.05) is 0 Å². The van der Waals surface area contributed by atoms with Gasteiger partial charge in [0.25, 0.3) is 5.56 Å². The molecule has 1 heterocycles. The Morgan fingerprint density at radius 1 is 1.24 bits per heavy atom. The summed E-state index contributed by atoms with van der Waals surface area (Å²) in [6.45, 7) is 1.94. The van der Waals surface area contributed by atoms with Crippen molar-refractivity contribution in [2.75, 3.05) is 6.54 Å². The van der Waals surface area contributed by atoms with Crippen molar-refractivity contribution in [2.45, 2.75) is 18.4 Å². The number of rotatable bonds is 5. The predicted octanol–water partition coefficient (Wildman–Crippen LogP) is 1.18. The molecule has 0 spiro atoms. The van der Waals surface area contributed by atoms with Gasteiger partial charge in [-0.2, -0.15) is 5.10 Å². The fraction of sp³-hybridized carbons (Fsp3) is 0.231. The molecule has 2 aromatic rings. The van der Waals surface area contributed by atoms with E-state index in [-0.39, 0.29) is 28.6 Å². The molecule has 8 heteroatoms. The van der Waals surface area contributed by atoms with E-state index in [1.54, 1.807) is 25.1 Å². The SMILES string of the molecule is Cc1ccc(=O)n(CCNS(=O)(=O)c2ccccc2Cl)n1. The van der Waals surface area contributed by atoms with Crippen molar-refractivity contribution in [1.29, 1.82) is 0 Å². The highest BCUT2D eigenvalue weighted by Crippen LogP contribution is 2.19. The van der Waals surface area contributed by atoms with Gasteiger partial charge in [0.05, 0.1) is 17.3 Å². The van der Waals surface area contributed by atoms with Crippen molar-refractivity contribution in [3.8, 4) is 0 Å². The van der Waals surface area contributed by atoms with E-state index in [0.717, 1.165) is 0 Å². The number of nitrogens with zero attached hydrogens (tertiary/aromatic N) is 2. The molecule has 2 rings (SSSR count). The summed E-state index contributed by atoms with van der Waals surface area (Å²) >= 11 is 5.86. The van der Waals surface area contributed by atoms with E-state index >= 15 is 0 Å². The molecule has 0 radical (unpaired) electrons. The van der Waals surface area contributed by atoms with Crippen molar-refractivity contribution in [1.82, 2.24) is 14.5 Å². The molecule has 0 aliphatic carbocycles. The van der Waals surface area contributed by atoms with Gasteiger partial charge in [0.2, 0.25) is 10.0 Å². The molecule has 0 bridgehead atoms. The van der Waals surface area contributed by atoms with E-state index in [4.69, 9.17) is 11.6 Å². The number of sulfonamides is 1. The summed E-state index contributed by atoms with van der Waals surface area (Å²) < 4.78 is 27.8. The zero-order chi connectivity index (χ0) is 15.5. The highest BCUT2D eigenvalue weighted by atomic mass is 35.5. The van der Waals surface area contributed by atoms with Gasteiger partial charge in [-0.1, -0.05) is 23.7 Å². The Balaban J connectivity index is 2.08. The van der Waals surface area contributed by atoms with Crippen molar-refractivity contribution in [3.05, 3.63) is 57.5 Å². The predicted molar refractivity (Wildman–Crippen MR) is 79.9 cm³/mol. The van der Waals surface area contributed by atoms with Crippen LogP contribution in [0.4, 0.5) is 0 Å². The molecular weight excluding hydrogens is 314 g/mol. The number of hydrogen-bond acceptors (Lipinski definition) is 4. The molecule has 0 saturated heterocycles. The van der Waals surface area contributed by atoms with Gasteiger partial charge < -0.3 is 0 Å². The summed E-state index contributed by atoms with van der Waals surface area (Å²) in [7, 11) is -3.71. The third-order valence-corrected chi connectivity index (χ3v) is 4.70. The Bertz CT molecular complexity index is 802. The standard InChI is InChI=1S/C13H14ClN3O3S/c1-10-6-7-13(18)17(16-10)9-8-15-21(19,20)12-5-3-2-4-11(12)14/h2-7,15H,8-9H2,1H3. The Morgan fingerprint density at radius 2 is 1.95 bits per heavy atom. The van der Waals surface area contributed by atoms with Crippen LogP contribution >= 0.6 is 11.6 Å². The van der Waals surface area contributed by atoms with Crippen LogP contribution in [0.2, 0.25) is 5.02 Å². The Kier molecular flexibility index (Phi) is 4.76. The maximum atomic E-state index is 12.1. The minimum absolute atomic E-state index is 0.0104. The van der Waals surface area contributed by atoms with E-state index in [1.165, 1.54) is 22.9 Å². The molecule has 1 aromatic carbocycles. The van der Waals surface area contributed by atoms with Crippen LogP contribution < -0.4 is 10.3 Å². The summed E-state index contributed by atoms with van der Waals surface area (Å²) in [5.74, 6) is 0. The lowest BCUT2D eigenvalue weighted by Gasteiger charge is -2.09. The molecule has 1 N–H and O–H groups in total. The first kappa shape index (κ1) is 15.7. The molecule has 0 aliphatic heterocycles. The summed E-state index contributed by atoms with van der Waals surface area (Å²) in [6, 6.07) is 9.16. The highest BCUT2D eigenvalue weighted by Gasteiger charge is 2.16. The molecule has 0 atom stereocenters. The van der Waals surface area contributed by atoms with Gasteiger partial charge in [0.1, 0.15) is 4.90 Å². The Labute approximate surface area is 127 Å². The quantitative estimate of drug-likeness (QED) is 0.894. The second kappa shape index (κ2) is 6.38.